The van der Waals surface area contributed by atoms with Crippen molar-refractivity contribution in [2.75, 3.05) is 0 Å². The summed E-state index contributed by atoms with van der Waals surface area (Å²) in [6.45, 7) is 4.60. The standard InChI is InChI=1S/C17H26O3/c1-3-5-7-14-9-11-15(12-10-14)13-20-16(17(18)19)8-6-4-2/h9-12,16H,3-8,13H2,1-2H3,(H,18,19). The van der Waals surface area contributed by atoms with Crippen molar-refractivity contribution in [2.45, 2.75) is 65.1 Å². The first-order valence-corrected chi connectivity index (χ1v) is 7.59. The molecule has 20 heavy (non-hydrogen) atoms. The van der Waals surface area contributed by atoms with Gasteiger partial charge in [0, 0.05) is 0 Å². The number of aliphatic carboxylic acids is 1. The fraction of sp³-hybridized carbons (Fsp3) is 0.588. The Morgan fingerprint density at radius 2 is 1.70 bits per heavy atom. The summed E-state index contributed by atoms with van der Waals surface area (Å²) in [4.78, 5) is 11.1. The number of rotatable bonds is 10. The molecule has 3 nitrogen and oxygen atoms in total. The van der Waals surface area contributed by atoms with Crippen LogP contribution >= 0.6 is 0 Å². The van der Waals surface area contributed by atoms with Gasteiger partial charge in [0.15, 0.2) is 6.10 Å². The molecule has 1 unspecified atom stereocenters. The Hall–Kier alpha value is -1.35. The molecule has 0 aliphatic carbocycles. The zero-order valence-electron chi connectivity index (χ0n) is 12.6. The zero-order valence-corrected chi connectivity index (χ0v) is 12.6. The summed E-state index contributed by atoms with van der Waals surface area (Å²) in [6, 6.07) is 8.28. The van der Waals surface area contributed by atoms with Crippen molar-refractivity contribution in [3.63, 3.8) is 0 Å². The molecule has 0 saturated carbocycles. The van der Waals surface area contributed by atoms with Gasteiger partial charge in [-0.25, -0.2) is 4.79 Å². The number of unbranched alkanes of at least 4 members (excludes halogenated alkanes) is 2. The molecule has 0 fully saturated rings. The van der Waals surface area contributed by atoms with Gasteiger partial charge in [-0.2, -0.15) is 0 Å². The molecule has 0 aliphatic heterocycles. The molecule has 3 heteroatoms. The molecule has 112 valence electrons. The van der Waals surface area contributed by atoms with Crippen LogP contribution in [0.4, 0.5) is 0 Å². The first-order valence-electron chi connectivity index (χ1n) is 7.59. The lowest BCUT2D eigenvalue weighted by atomic mass is 10.1. The summed E-state index contributed by atoms with van der Waals surface area (Å²) >= 11 is 0. The zero-order chi connectivity index (χ0) is 14.8. The number of carboxylic acids is 1. The van der Waals surface area contributed by atoms with Gasteiger partial charge in [0.2, 0.25) is 0 Å². The lowest BCUT2D eigenvalue weighted by molar-refractivity contribution is -0.151. The number of aryl methyl sites for hydroxylation is 1. The molecule has 0 aliphatic rings. The van der Waals surface area contributed by atoms with Crippen LogP contribution in [0.1, 0.15) is 57.1 Å². The molecule has 1 N–H and O–H groups in total. The molecule has 1 aromatic rings. The lowest BCUT2D eigenvalue weighted by Crippen LogP contribution is -2.23. The molecule has 1 atom stereocenters. The van der Waals surface area contributed by atoms with E-state index in [0.717, 1.165) is 24.8 Å². The first kappa shape index (κ1) is 16.7. The monoisotopic (exact) mass is 278 g/mol. The Bertz CT molecular complexity index is 384. The SMILES string of the molecule is CCCCc1ccc(COC(CCCC)C(=O)O)cc1. The Morgan fingerprint density at radius 1 is 1.10 bits per heavy atom. The number of carbonyl (C=O) groups is 1. The largest absolute Gasteiger partial charge is 0.479 e. The smallest absolute Gasteiger partial charge is 0.332 e. The Morgan fingerprint density at radius 3 is 2.25 bits per heavy atom. The second-order valence-corrected chi connectivity index (χ2v) is 5.20. The maximum Gasteiger partial charge on any atom is 0.332 e. The molecule has 0 saturated heterocycles. The van der Waals surface area contributed by atoms with Gasteiger partial charge >= 0.3 is 5.97 Å². The Balaban J connectivity index is 2.44. The average molecular weight is 278 g/mol. The summed E-state index contributed by atoms with van der Waals surface area (Å²) in [5, 5.41) is 9.09. The highest BCUT2D eigenvalue weighted by atomic mass is 16.5. The van der Waals surface area contributed by atoms with Gasteiger partial charge in [0.05, 0.1) is 6.61 Å². The summed E-state index contributed by atoms with van der Waals surface area (Å²) in [5.74, 6) is -0.863. The number of ether oxygens (including phenoxy) is 1. The molecule has 0 bridgehead atoms. The van der Waals surface area contributed by atoms with E-state index in [2.05, 4.69) is 19.1 Å². The highest BCUT2D eigenvalue weighted by Crippen LogP contribution is 2.12. The van der Waals surface area contributed by atoms with E-state index < -0.39 is 12.1 Å². The van der Waals surface area contributed by atoms with E-state index in [4.69, 9.17) is 9.84 Å². The van der Waals surface area contributed by atoms with Crippen molar-refractivity contribution in [1.29, 1.82) is 0 Å². The molecule has 0 aromatic heterocycles. The summed E-state index contributed by atoms with van der Waals surface area (Å²) in [7, 11) is 0. The van der Waals surface area contributed by atoms with Crippen LogP contribution in [0.3, 0.4) is 0 Å². The van der Waals surface area contributed by atoms with Crippen LogP contribution in [0.15, 0.2) is 24.3 Å². The normalized spacial score (nSPS) is 12.3. The molecular formula is C17H26O3. The fourth-order valence-corrected chi connectivity index (χ4v) is 2.05. The molecule has 0 spiro atoms. The molecule has 0 heterocycles. The van der Waals surface area contributed by atoms with Crippen molar-refractivity contribution in [1.82, 2.24) is 0 Å². The van der Waals surface area contributed by atoms with Gasteiger partial charge in [-0.05, 0) is 30.4 Å². The van der Waals surface area contributed by atoms with Gasteiger partial charge in [-0.15, -0.1) is 0 Å². The van der Waals surface area contributed by atoms with E-state index in [1.807, 2.05) is 19.1 Å². The van der Waals surface area contributed by atoms with Gasteiger partial charge in [0.1, 0.15) is 0 Å². The predicted octanol–water partition coefficient (Wildman–Crippen LogP) is 4.19. The van der Waals surface area contributed by atoms with E-state index >= 15 is 0 Å². The van der Waals surface area contributed by atoms with Crippen LogP contribution in [0.5, 0.6) is 0 Å². The maximum absolute atomic E-state index is 11.1. The summed E-state index contributed by atoms with van der Waals surface area (Å²) in [6.07, 6.45) is 5.27. The third kappa shape index (κ3) is 6.20. The van der Waals surface area contributed by atoms with Crippen molar-refractivity contribution in [2.24, 2.45) is 0 Å². The topological polar surface area (TPSA) is 46.5 Å². The molecule has 1 aromatic carbocycles. The highest BCUT2D eigenvalue weighted by molar-refractivity contribution is 5.72. The minimum Gasteiger partial charge on any atom is -0.479 e. The van der Waals surface area contributed by atoms with Crippen LogP contribution in [0.25, 0.3) is 0 Å². The third-order valence-electron chi connectivity index (χ3n) is 3.39. The Labute approximate surface area is 122 Å². The first-order chi connectivity index (χ1) is 9.67. The van der Waals surface area contributed by atoms with E-state index in [1.165, 1.54) is 18.4 Å². The number of hydrogen-bond donors (Lipinski definition) is 1. The van der Waals surface area contributed by atoms with Gasteiger partial charge in [-0.1, -0.05) is 57.4 Å². The second-order valence-electron chi connectivity index (χ2n) is 5.20. The molecule has 1 rings (SSSR count). The molecule has 0 radical (unpaired) electrons. The van der Waals surface area contributed by atoms with Crippen LogP contribution in [0, 0.1) is 0 Å². The predicted molar refractivity (Wildman–Crippen MR) is 80.8 cm³/mol. The Kier molecular flexibility index (Phi) is 7.97. The van der Waals surface area contributed by atoms with Crippen molar-refractivity contribution in [3.8, 4) is 0 Å². The van der Waals surface area contributed by atoms with Crippen molar-refractivity contribution in [3.05, 3.63) is 35.4 Å². The minimum absolute atomic E-state index is 0.370. The number of carboxylic acid groups (broad SMARTS) is 1. The second kappa shape index (κ2) is 9.54. The van der Waals surface area contributed by atoms with Gasteiger partial charge in [0.25, 0.3) is 0 Å². The van der Waals surface area contributed by atoms with Gasteiger partial charge < -0.3 is 9.84 Å². The summed E-state index contributed by atoms with van der Waals surface area (Å²) in [5.41, 5.74) is 2.37. The molecular weight excluding hydrogens is 252 g/mol. The molecule has 0 amide bonds. The maximum atomic E-state index is 11.1. The fourth-order valence-electron chi connectivity index (χ4n) is 2.05. The highest BCUT2D eigenvalue weighted by Gasteiger charge is 2.17. The van der Waals surface area contributed by atoms with E-state index in [0.29, 0.717) is 13.0 Å². The van der Waals surface area contributed by atoms with Gasteiger partial charge in [-0.3, -0.25) is 0 Å². The van der Waals surface area contributed by atoms with Crippen molar-refractivity contribution >= 4 is 5.97 Å². The van der Waals surface area contributed by atoms with E-state index in [-0.39, 0.29) is 0 Å². The summed E-state index contributed by atoms with van der Waals surface area (Å²) < 4.78 is 5.51. The average Bonchev–Trinajstić information content (AvgIpc) is 2.46. The third-order valence-corrected chi connectivity index (χ3v) is 3.39. The van der Waals surface area contributed by atoms with Crippen LogP contribution in [-0.2, 0) is 22.6 Å². The minimum atomic E-state index is -0.863. The van der Waals surface area contributed by atoms with E-state index in [9.17, 15) is 4.79 Å². The van der Waals surface area contributed by atoms with Crippen LogP contribution in [-0.4, -0.2) is 17.2 Å². The number of hydrogen-bond acceptors (Lipinski definition) is 2. The van der Waals surface area contributed by atoms with Crippen LogP contribution in [0.2, 0.25) is 0 Å². The number of benzene rings is 1. The quantitative estimate of drug-likeness (QED) is 0.698. The lowest BCUT2D eigenvalue weighted by Gasteiger charge is -2.13. The van der Waals surface area contributed by atoms with Crippen LogP contribution < -0.4 is 0 Å². The van der Waals surface area contributed by atoms with Crippen molar-refractivity contribution < 1.29 is 14.6 Å². The van der Waals surface area contributed by atoms with E-state index in [1.54, 1.807) is 0 Å².